The molecule has 130 valence electrons. The van der Waals surface area contributed by atoms with E-state index in [1.807, 2.05) is 54.3 Å². The second kappa shape index (κ2) is 7.97. The van der Waals surface area contributed by atoms with Gasteiger partial charge in [0.25, 0.3) is 5.91 Å². The van der Waals surface area contributed by atoms with E-state index in [0.717, 1.165) is 37.9 Å². The van der Waals surface area contributed by atoms with Crippen LogP contribution in [0.25, 0.3) is 0 Å². The zero-order valence-corrected chi connectivity index (χ0v) is 14.5. The number of carbonyl (C=O) groups excluding carboxylic acids is 2. The van der Waals surface area contributed by atoms with E-state index < -0.39 is 12.1 Å². The number of ether oxygens (including phenoxy) is 1. The summed E-state index contributed by atoms with van der Waals surface area (Å²) in [5.41, 5.74) is 2.04. The second-order valence-corrected chi connectivity index (χ2v) is 6.40. The minimum atomic E-state index is -0.897. The van der Waals surface area contributed by atoms with Gasteiger partial charge in [0, 0.05) is 18.7 Å². The SMILES string of the molecule is Cc1ccccc1C(=O)O[C@@H](C(=O)N1CCCCC1)c1ccccc1. The van der Waals surface area contributed by atoms with Crippen LogP contribution in [0.2, 0.25) is 0 Å². The Morgan fingerprint density at radius 2 is 1.56 bits per heavy atom. The number of rotatable bonds is 4. The molecule has 2 aromatic rings. The number of benzene rings is 2. The highest BCUT2D eigenvalue weighted by molar-refractivity contribution is 5.93. The first-order valence-corrected chi connectivity index (χ1v) is 8.77. The smallest absolute Gasteiger partial charge is 0.339 e. The number of aryl methyl sites for hydroxylation is 1. The van der Waals surface area contributed by atoms with Gasteiger partial charge in [0.05, 0.1) is 5.56 Å². The second-order valence-electron chi connectivity index (χ2n) is 6.40. The van der Waals surface area contributed by atoms with Gasteiger partial charge in [0.15, 0.2) is 0 Å². The van der Waals surface area contributed by atoms with Crippen molar-refractivity contribution in [3.63, 3.8) is 0 Å². The summed E-state index contributed by atoms with van der Waals surface area (Å²) in [6.45, 7) is 3.31. The standard InChI is InChI=1S/C21H23NO3/c1-16-10-6-7-13-18(16)21(24)25-19(17-11-4-2-5-12-17)20(23)22-14-8-3-9-15-22/h2,4-7,10-13,19H,3,8-9,14-15H2,1H3/t19-/m1/s1. The number of hydrogen-bond donors (Lipinski definition) is 0. The molecule has 0 saturated carbocycles. The first-order chi connectivity index (χ1) is 12.2. The van der Waals surface area contributed by atoms with Crippen molar-refractivity contribution >= 4 is 11.9 Å². The third kappa shape index (κ3) is 4.08. The van der Waals surface area contributed by atoms with Crippen LogP contribution < -0.4 is 0 Å². The average Bonchev–Trinajstić information content (AvgIpc) is 2.67. The summed E-state index contributed by atoms with van der Waals surface area (Å²) in [4.78, 5) is 27.5. The lowest BCUT2D eigenvalue weighted by Gasteiger charge is -2.30. The monoisotopic (exact) mass is 337 g/mol. The lowest BCUT2D eigenvalue weighted by atomic mass is 10.1. The highest BCUT2D eigenvalue weighted by Crippen LogP contribution is 2.24. The molecule has 0 aliphatic carbocycles. The molecule has 25 heavy (non-hydrogen) atoms. The minimum absolute atomic E-state index is 0.132. The van der Waals surface area contributed by atoms with Crippen LogP contribution in [-0.2, 0) is 9.53 Å². The molecule has 0 unspecified atom stereocenters. The van der Waals surface area contributed by atoms with E-state index in [1.54, 1.807) is 12.1 Å². The normalized spacial score (nSPS) is 15.5. The lowest BCUT2D eigenvalue weighted by molar-refractivity contribution is -0.142. The van der Waals surface area contributed by atoms with Gasteiger partial charge < -0.3 is 9.64 Å². The maximum Gasteiger partial charge on any atom is 0.339 e. The molecule has 0 bridgehead atoms. The van der Waals surface area contributed by atoms with Crippen LogP contribution in [0.3, 0.4) is 0 Å². The number of esters is 1. The molecule has 1 fully saturated rings. The molecule has 1 heterocycles. The molecular weight excluding hydrogens is 314 g/mol. The predicted octanol–water partition coefficient (Wildman–Crippen LogP) is 3.91. The average molecular weight is 337 g/mol. The van der Waals surface area contributed by atoms with Crippen LogP contribution in [0.5, 0.6) is 0 Å². The van der Waals surface area contributed by atoms with Gasteiger partial charge in [0.1, 0.15) is 0 Å². The maximum absolute atomic E-state index is 13.0. The maximum atomic E-state index is 13.0. The largest absolute Gasteiger partial charge is 0.444 e. The summed E-state index contributed by atoms with van der Waals surface area (Å²) in [6, 6.07) is 16.5. The molecule has 4 heteroatoms. The van der Waals surface area contributed by atoms with Gasteiger partial charge in [-0.15, -0.1) is 0 Å². The molecule has 0 N–H and O–H groups in total. The Bertz CT molecular complexity index is 736. The molecule has 2 aromatic carbocycles. The lowest BCUT2D eigenvalue weighted by Crippen LogP contribution is -2.40. The number of carbonyl (C=O) groups is 2. The van der Waals surface area contributed by atoms with Gasteiger partial charge in [0.2, 0.25) is 6.10 Å². The molecule has 4 nitrogen and oxygen atoms in total. The van der Waals surface area contributed by atoms with Crippen molar-refractivity contribution in [1.29, 1.82) is 0 Å². The van der Waals surface area contributed by atoms with Crippen LogP contribution >= 0.6 is 0 Å². The Labute approximate surface area is 148 Å². The number of likely N-dealkylation sites (tertiary alicyclic amines) is 1. The van der Waals surface area contributed by atoms with E-state index >= 15 is 0 Å². The van der Waals surface area contributed by atoms with Crippen molar-refractivity contribution in [3.05, 3.63) is 71.3 Å². The molecule has 1 saturated heterocycles. The first kappa shape index (κ1) is 17.2. The molecule has 0 radical (unpaired) electrons. The third-order valence-corrected chi connectivity index (χ3v) is 4.58. The van der Waals surface area contributed by atoms with Gasteiger partial charge in [-0.2, -0.15) is 0 Å². The van der Waals surface area contributed by atoms with Gasteiger partial charge in [-0.3, -0.25) is 4.79 Å². The van der Waals surface area contributed by atoms with Gasteiger partial charge in [-0.05, 0) is 37.8 Å². The van der Waals surface area contributed by atoms with Crippen molar-refractivity contribution in [2.24, 2.45) is 0 Å². The van der Waals surface area contributed by atoms with Crippen molar-refractivity contribution in [1.82, 2.24) is 4.90 Å². The summed E-state index contributed by atoms with van der Waals surface area (Å²) in [6.07, 6.45) is 2.24. The summed E-state index contributed by atoms with van der Waals surface area (Å²) in [5.74, 6) is -0.592. The fourth-order valence-corrected chi connectivity index (χ4v) is 3.14. The van der Waals surface area contributed by atoms with E-state index in [1.165, 1.54) is 0 Å². The van der Waals surface area contributed by atoms with Gasteiger partial charge in [-0.1, -0.05) is 48.5 Å². The summed E-state index contributed by atoms with van der Waals surface area (Å²) < 4.78 is 5.69. The Hall–Kier alpha value is -2.62. The Kier molecular flexibility index (Phi) is 5.49. The van der Waals surface area contributed by atoms with Crippen molar-refractivity contribution in [3.8, 4) is 0 Å². The zero-order valence-electron chi connectivity index (χ0n) is 14.5. The number of hydrogen-bond acceptors (Lipinski definition) is 3. The zero-order chi connectivity index (χ0) is 17.6. The number of piperidine rings is 1. The van der Waals surface area contributed by atoms with Crippen LogP contribution in [-0.4, -0.2) is 29.9 Å². The van der Waals surface area contributed by atoms with Crippen LogP contribution in [0, 0.1) is 6.92 Å². The summed E-state index contributed by atoms with van der Waals surface area (Å²) >= 11 is 0. The van der Waals surface area contributed by atoms with Gasteiger partial charge in [-0.25, -0.2) is 4.79 Å². The van der Waals surface area contributed by atoms with Crippen LogP contribution in [0.4, 0.5) is 0 Å². The van der Waals surface area contributed by atoms with Crippen LogP contribution in [0.15, 0.2) is 54.6 Å². The highest BCUT2D eigenvalue weighted by atomic mass is 16.5. The molecule has 0 aromatic heterocycles. The van der Waals surface area contributed by atoms with E-state index in [2.05, 4.69) is 0 Å². The Morgan fingerprint density at radius 3 is 2.24 bits per heavy atom. The minimum Gasteiger partial charge on any atom is -0.444 e. The fourth-order valence-electron chi connectivity index (χ4n) is 3.14. The topological polar surface area (TPSA) is 46.6 Å². The van der Waals surface area contributed by atoms with Crippen molar-refractivity contribution < 1.29 is 14.3 Å². The Morgan fingerprint density at radius 1 is 0.920 bits per heavy atom. The summed E-state index contributed by atoms with van der Waals surface area (Å²) in [7, 11) is 0. The summed E-state index contributed by atoms with van der Waals surface area (Å²) in [5, 5.41) is 0. The van der Waals surface area contributed by atoms with Crippen molar-refractivity contribution in [2.45, 2.75) is 32.3 Å². The van der Waals surface area contributed by atoms with E-state index in [0.29, 0.717) is 11.1 Å². The first-order valence-electron chi connectivity index (χ1n) is 8.77. The molecule has 1 atom stereocenters. The molecule has 0 spiro atoms. The van der Waals surface area contributed by atoms with E-state index in [-0.39, 0.29) is 5.91 Å². The molecule has 3 rings (SSSR count). The molecule has 1 amide bonds. The quantitative estimate of drug-likeness (QED) is 0.795. The third-order valence-electron chi connectivity index (χ3n) is 4.58. The Balaban J connectivity index is 1.85. The predicted molar refractivity (Wildman–Crippen MR) is 96.2 cm³/mol. The molecule has 1 aliphatic rings. The van der Waals surface area contributed by atoms with Crippen molar-refractivity contribution in [2.75, 3.05) is 13.1 Å². The fraction of sp³-hybridized carbons (Fsp3) is 0.333. The van der Waals surface area contributed by atoms with Gasteiger partial charge >= 0.3 is 5.97 Å². The van der Waals surface area contributed by atoms with E-state index in [9.17, 15) is 9.59 Å². The number of nitrogens with zero attached hydrogens (tertiary/aromatic N) is 1. The number of amides is 1. The molecule has 1 aliphatic heterocycles. The molecular formula is C21H23NO3. The van der Waals surface area contributed by atoms with E-state index in [4.69, 9.17) is 4.74 Å². The highest BCUT2D eigenvalue weighted by Gasteiger charge is 2.30. The van der Waals surface area contributed by atoms with Crippen LogP contribution in [0.1, 0.15) is 46.9 Å².